The summed E-state index contributed by atoms with van der Waals surface area (Å²) in [5, 5.41) is 6.72. The second kappa shape index (κ2) is 5.71. The van der Waals surface area contributed by atoms with Gasteiger partial charge in [0.15, 0.2) is 5.82 Å². The van der Waals surface area contributed by atoms with Gasteiger partial charge in [-0.05, 0) is 32.9 Å². The van der Waals surface area contributed by atoms with E-state index in [0.29, 0.717) is 5.82 Å². The van der Waals surface area contributed by atoms with Gasteiger partial charge in [-0.1, -0.05) is 11.6 Å². The Kier molecular flexibility index (Phi) is 4.37. The molecule has 1 fully saturated rings. The third-order valence-corrected chi connectivity index (χ3v) is 1.68. The molecule has 4 heteroatoms. The lowest BCUT2D eigenvalue weighted by Crippen LogP contribution is -2.21. The molecule has 0 unspecified atom stereocenters. The molecule has 1 aromatic heterocycles. The summed E-state index contributed by atoms with van der Waals surface area (Å²) in [6.07, 6.45) is 5.52. The van der Waals surface area contributed by atoms with Crippen LogP contribution in [0, 0.1) is 6.92 Å². The minimum Gasteiger partial charge on any atom is -0.343 e. The highest BCUT2D eigenvalue weighted by molar-refractivity contribution is 4.67. The van der Waals surface area contributed by atoms with E-state index >= 15 is 0 Å². The van der Waals surface area contributed by atoms with Crippen LogP contribution in [-0.4, -0.2) is 23.2 Å². The SMILES string of the molecule is C1CCNCC1.Cc1ncon1. The summed E-state index contributed by atoms with van der Waals surface area (Å²) >= 11 is 0. The first-order valence-electron chi connectivity index (χ1n) is 4.33. The zero-order valence-corrected chi connectivity index (χ0v) is 7.42. The van der Waals surface area contributed by atoms with E-state index in [2.05, 4.69) is 20.0 Å². The first-order valence-corrected chi connectivity index (χ1v) is 4.33. The number of aryl methyl sites for hydroxylation is 1. The molecule has 1 saturated heterocycles. The molecule has 0 atom stereocenters. The molecule has 0 aliphatic carbocycles. The molecule has 0 saturated carbocycles. The Morgan fingerprint density at radius 1 is 1.33 bits per heavy atom. The third-order valence-electron chi connectivity index (χ3n) is 1.68. The van der Waals surface area contributed by atoms with Crippen LogP contribution in [0.2, 0.25) is 0 Å². The van der Waals surface area contributed by atoms with Crippen molar-refractivity contribution in [1.82, 2.24) is 15.5 Å². The molecule has 1 N–H and O–H groups in total. The molecular formula is C8H15N3O. The number of aromatic nitrogens is 2. The van der Waals surface area contributed by atoms with Crippen molar-refractivity contribution >= 4 is 0 Å². The van der Waals surface area contributed by atoms with Gasteiger partial charge in [-0.25, -0.2) is 0 Å². The summed E-state index contributed by atoms with van der Waals surface area (Å²) in [4.78, 5) is 3.64. The maximum Gasteiger partial charge on any atom is 0.213 e. The molecule has 1 aliphatic heterocycles. The van der Waals surface area contributed by atoms with Crippen molar-refractivity contribution in [3.8, 4) is 0 Å². The van der Waals surface area contributed by atoms with E-state index in [-0.39, 0.29) is 0 Å². The standard InChI is InChI=1S/C5H11N.C3H4N2O/c1-2-4-6-5-3-1;1-3-4-2-6-5-3/h6H,1-5H2;2H,1H3. The highest BCUT2D eigenvalue weighted by Crippen LogP contribution is 1.96. The molecule has 0 amide bonds. The number of hydrogen-bond acceptors (Lipinski definition) is 4. The van der Waals surface area contributed by atoms with Gasteiger partial charge in [0.05, 0.1) is 0 Å². The van der Waals surface area contributed by atoms with Crippen LogP contribution in [0.4, 0.5) is 0 Å². The van der Waals surface area contributed by atoms with Gasteiger partial charge in [0, 0.05) is 0 Å². The number of piperidine rings is 1. The average molecular weight is 169 g/mol. The summed E-state index contributed by atoms with van der Waals surface area (Å²) in [5.41, 5.74) is 0. The van der Waals surface area contributed by atoms with Gasteiger partial charge in [0.2, 0.25) is 6.39 Å². The Balaban J connectivity index is 0.000000120. The molecule has 0 radical (unpaired) electrons. The van der Waals surface area contributed by atoms with Gasteiger partial charge < -0.3 is 9.84 Å². The van der Waals surface area contributed by atoms with Gasteiger partial charge in [-0.2, -0.15) is 4.98 Å². The van der Waals surface area contributed by atoms with E-state index in [0.717, 1.165) is 0 Å². The predicted octanol–water partition coefficient (Wildman–Crippen LogP) is 1.14. The summed E-state index contributed by atoms with van der Waals surface area (Å²) in [6, 6.07) is 0. The molecule has 4 nitrogen and oxygen atoms in total. The van der Waals surface area contributed by atoms with Crippen LogP contribution in [0.5, 0.6) is 0 Å². The average Bonchev–Trinajstić information content (AvgIpc) is 2.60. The minimum absolute atomic E-state index is 0.676. The lowest BCUT2D eigenvalue weighted by atomic mass is 10.2. The van der Waals surface area contributed by atoms with Gasteiger partial charge in [0.25, 0.3) is 0 Å². The van der Waals surface area contributed by atoms with Crippen molar-refractivity contribution in [3.05, 3.63) is 12.2 Å². The van der Waals surface area contributed by atoms with E-state index < -0.39 is 0 Å². The van der Waals surface area contributed by atoms with Crippen LogP contribution >= 0.6 is 0 Å². The molecule has 0 bridgehead atoms. The Morgan fingerprint density at radius 3 is 2.25 bits per heavy atom. The molecule has 68 valence electrons. The van der Waals surface area contributed by atoms with Gasteiger partial charge in [-0.3, -0.25) is 0 Å². The monoisotopic (exact) mass is 169 g/mol. The van der Waals surface area contributed by atoms with Gasteiger partial charge >= 0.3 is 0 Å². The molecule has 2 rings (SSSR count). The molecule has 1 aliphatic rings. The largest absolute Gasteiger partial charge is 0.343 e. The molecular weight excluding hydrogens is 154 g/mol. The minimum atomic E-state index is 0.676. The maximum atomic E-state index is 4.35. The Hall–Kier alpha value is -0.900. The predicted molar refractivity (Wildman–Crippen MR) is 45.8 cm³/mol. The first kappa shape index (κ1) is 9.19. The second-order valence-electron chi connectivity index (χ2n) is 2.79. The zero-order chi connectivity index (χ0) is 8.65. The van der Waals surface area contributed by atoms with Crippen molar-refractivity contribution in [3.63, 3.8) is 0 Å². The lowest BCUT2D eigenvalue weighted by molar-refractivity contribution is 0.412. The van der Waals surface area contributed by atoms with Crippen molar-refractivity contribution in [2.24, 2.45) is 0 Å². The topological polar surface area (TPSA) is 51.0 Å². The van der Waals surface area contributed by atoms with Crippen molar-refractivity contribution in [2.45, 2.75) is 26.2 Å². The molecule has 12 heavy (non-hydrogen) atoms. The number of nitrogens with one attached hydrogen (secondary N) is 1. The van der Waals surface area contributed by atoms with Crippen LogP contribution in [-0.2, 0) is 0 Å². The highest BCUT2D eigenvalue weighted by atomic mass is 16.5. The van der Waals surface area contributed by atoms with Crippen molar-refractivity contribution in [1.29, 1.82) is 0 Å². The second-order valence-corrected chi connectivity index (χ2v) is 2.79. The molecule has 0 spiro atoms. The van der Waals surface area contributed by atoms with Crippen LogP contribution in [0.15, 0.2) is 10.9 Å². The Bertz CT molecular complexity index is 171. The van der Waals surface area contributed by atoms with Crippen LogP contribution in [0.1, 0.15) is 25.1 Å². The van der Waals surface area contributed by atoms with Gasteiger partial charge in [-0.15, -0.1) is 0 Å². The number of hydrogen-bond donors (Lipinski definition) is 1. The normalized spacial score (nSPS) is 16.4. The summed E-state index contributed by atoms with van der Waals surface area (Å²) < 4.78 is 4.35. The van der Waals surface area contributed by atoms with Crippen LogP contribution in [0.25, 0.3) is 0 Å². The lowest BCUT2D eigenvalue weighted by Gasteiger charge is -2.08. The molecule has 1 aromatic rings. The fourth-order valence-electron chi connectivity index (χ4n) is 1.03. The summed E-state index contributed by atoms with van der Waals surface area (Å²) in [7, 11) is 0. The van der Waals surface area contributed by atoms with Gasteiger partial charge in [0.1, 0.15) is 0 Å². The molecule has 2 heterocycles. The van der Waals surface area contributed by atoms with Crippen molar-refractivity contribution < 1.29 is 4.52 Å². The summed E-state index contributed by atoms with van der Waals surface area (Å²) in [5.74, 6) is 0.676. The van der Waals surface area contributed by atoms with E-state index in [1.54, 1.807) is 6.92 Å². The highest BCUT2D eigenvalue weighted by Gasteiger charge is 1.93. The van der Waals surface area contributed by atoms with Crippen molar-refractivity contribution in [2.75, 3.05) is 13.1 Å². The third kappa shape index (κ3) is 4.08. The Morgan fingerprint density at radius 2 is 2.08 bits per heavy atom. The fraction of sp³-hybridized carbons (Fsp3) is 0.750. The van der Waals surface area contributed by atoms with E-state index in [9.17, 15) is 0 Å². The Labute approximate surface area is 72.4 Å². The summed E-state index contributed by atoms with van der Waals surface area (Å²) in [6.45, 7) is 4.27. The maximum absolute atomic E-state index is 4.35. The van der Waals surface area contributed by atoms with E-state index in [4.69, 9.17) is 0 Å². The van der Waals surface area contributed by atoms with E-state index in [1.165, 1.54) is 38.7 Å². The smallest absolute Gasteiger partial charge is 0.213 e. The van der Waals surface area contributed by atoms with Crippen LogP contribution < -0.4 is 5.32 Å². The number of nitrogens with zero attached hydrogens (tertiary/aromatic N) is 2. The first-order chi connectivity index (χ1) is 5.89. The zero-order valence-electron chi connectivity index (χ0n) is 7.42. The number of rotatable bonds is 0. The van der Waals surface area contributed by atoms with Crippen LogP contribution in [0.3, 0.4) is 0 Å². The fourth-order valence-corrected chi connectivity index (χ4v) is 1.03. The van der Waals surface area contributed by atoms with E-state index in [1.807, 2.05) is 0 Å². The molecule has 0 aromatic carbocycles. The quantitative estimate of drug-likeness (QED) is 0.632.